The van der Waals surface area contributed by atoms with Crippen LogP contribution >= 0.6 is 15.9 Å². The minimum absolute atomic E-state index is 0.0582. The maximum absolute atomic E-state index is 13.5. The summed E-state index contributed by atoms with van der Waals surface area (Å²) in [6, 6.07) is 21.3. The van der Waals surface area contributed by atoms with Gasteiger partial charge in [0.15, 0.2) is 0 Å². The van der Waals surface area contributed by atoms with Crippen LogP contribution < -0.4 is 14.4 Å². The molecule has 3 aromatic carbocycles. The topological polar surface area (TPSA) is 75.7 Å². The smallest absolute Gasteiger partial charge is 0.264 e. The SMILES string of the molecule is COc1ccc(S(=O)(=O)N(CC(=O)NCCc2ccccc2)c2ccc(C)cc2)cc1Br. The van der Waals surface area contributed by atoms with Gasteiger partial charge < -0.3 is 10.1 Å². The maximum Gasteiger partial charge on any atom is 0.264 e. The average molecular weight is 517 g/mol. The first-order chi connectivity index (χ1) is 15.3. The Morgan fingerprint density at radius 3 is 2.34 bits per heavy atom. The molecule has 1 amide bonds. The number of rotatable bonds is 9. The number of sulfonamides is 1. The van der Waals surface area contributed by atoms with Crippen LogP contribution in [0.15, 0.2) is 82.2 Å². The van der Waals surface area contributed by atoms with E-state index in [2.05, 4.69) is 21.2 Å². The summed E-state index contributed by atoms with van der Waals surface area (Å²) < 4.78 is 33.8. The highest BCUT2D eigenvalue weighted by molar-refractivity contribution is 9.10. The molecule has 0 aliphatic heterocycles. The number of anilines is 1. The minimum atomic E-state index is -4.00. The summed E-state index contributed by atoms with van der Waals surface area (Å²) in [5.41, 5.74) is 2.50. The molecule has 0 aliphatic rings. The van der Waals surface area contributed by atoms with E-state index in [4.69, 9.17) is 4.74 Å². The number of methoxy groups -OCH3 is 1. The molecule has 8 heteroatoms. The lowest BCUT2D eigenvalue weighted by atomic mass is 10.1. The molecule has 0 aliphatic carbocycles. The van der Waals surface area contributed by atoms with E-state index in [1.54, 1.807) is 18.2 Å². The number of benzene rings is 3. The van der Waals surface area contributed by atoms with Crippen molar-refractivity contribution in [3.63, 3.8) is 0 Å². The van der Waals surface area contributed by atoms with Gasteiger partial charge in [-0.05, 0) is 65.2 Å². The second-order valence-electron chi connectivity index (χ2n) is 7.23. The maximum atomic E-state index is 13.5. The van der Waals surface area contributed by atoms with Crippen molar-refractivity contribution in [1.29, 1.82) is 0 Å². The average Bonchev–Trinajstić information content (AvgIpc) is 2.79. The molecule has 0 bridgehead atoms. The summed E-state index contributed by atoms with van der Waals surface area (Å²) in [6.07, 6.45) is 0.662. The molecule has 0 unspecified atom stereocenters. The van der Waals surface area contributed by atoms with Gasteiger partial charge in [-0.15, -0.1) is 0 Å². The van der Waals surface area contributed by atoms with E-state index in [9.17, 15) is 13.2 Å². The fourth-order valence-corrected chi connectivity index (χ4v) is 5.28. The molecular weight excluding hydrogens is 492 g/mol. The monoisotopic (exact) mass is 516 g/mol. The van der Waals surface area contributed by atoms with Crippen LogP contribution in [-0.4, -0.2) is 34.5 Å². The lowest BCUT2D eigenvalue weighted by Crippen LogP contribution is -2.41. The van der Waals surface area contributed by atoms with Gasteiger partial charge in [0.1, 0.15) is 12.3 Å². The van der Waals surface area contributed by atoms with Crippen LogP contribution in [0.5, 0.6) is 5.75 Å². The second kappa shape index (κ2) is 10.7. The Bertz CT molecular complexity index is 1170. The molecule has 0 atom stereocenters. The normalized spacial score (nSPS) is 11.1. The summed E-state index contributed by atoms with van der Waals surface area (Å²) in [4.78, 5) is 12.7. The summed E-state index contributed by atoms with van der Waals surface area (Å²) in [5, 5.41) is 2.82. The van der Waals surface area contributed by atoms with Crippen molar-refractivity contribution < 1.29 is 17.9 Å². The zero-order valence-electron chi connectivity index (χ0n) is 17.9. The largest absolute Gasteiger partial charge is 0.496 e. The highest BCUT2D eigenvalue weighted by Crippen LogP contribution is 2.30. The Hall–Kier alpha value is -2.84. The van der Waals surface area contributed by atoms with E-state index in [0.29, 0.717) is 28.9 Å². The molecule has 1 N–H and O–H groups in total. The molecule has 0 radical (unpaired) electrons. The molecule has 0 saturated heterocycles. The van der Waals surface area contributed by atoms with Gasteiger partial charge in [0, 0.05) is 6.54 Å². The van der Waals surface area contributed by atoms with E-state index in [-0.39, 0.29) is 17.3 Å². The summed E-state index contributed by atoms with van der Waals surface area (Å²) >= 11 is 3.33. The van der Waals surface area contributed by atoms with Crippen LogP contribution in [0.1, 0.15) is 11.1 Å². The third-order valence-electron chi connectivity index (χ3n) is 4.90. The number of amides is 1. The summed E-state index contributed by atoms with van der Waals surface area (Å²) in [6.45, 7) is 2.00. The van der Waals surface area contributed by atoms with Crippen LogP contribution in [0, 0.1) is 6.92 Å². The van der Waals surface area contributed by atoms with Gasteiger partial charge in [0.05, 0.1) is 22.2 Å². The minimum Gasteiger partial charge on any atom is -0.496 e. The lowest BCUT2D eigenvalue weighted by molar-refractivity contribution is -0.119. The highest BCUT2D eigenvalue weighted by Gasteiger charge is 2.28. The molecule has 6 nitrogen and oxygen atoms in total. The number of hydrogen-bond acceptors (Lipinski definition) is 4. The number of halogens is 1. The molecule has 0 saturated carbocycles. The van der Waals surface area contributed by atoms with E-state index < -0.39 is 10.0 Å². The number of nitrogens with one attached hydrogen (secondary N) is 1. The Balaban J connectivity index is 1.82. The van der Waals surface area contributed by atoms with Gasteiger partial charge in [-0.3, -0.25) is 9.10 Å². The van der Waals surface area contributed by atoms with Gasteiger partial charge in [0.2, 0.25) is 5.91 Å². The van der Waals surface area contributed by atoms with E-state index >= 15 is 0 Å². The first kappa shape index (κ1) is 23.8. The number of ether oxygens (including phenoxy) is 1. The summed E-state index contributed by atoms with van der Waals surface area (Å²) in [7, 11) is -2.49. The Labute approximate surface area is 197 Å². The molecule has 0 fully saturated rings. The number of nitrogens with zero attached hydrogens (tertiary/aromatic N) is 1. The first-order valence-electron chi connectivity index (χ1n) is 10.0. The molecule has 0 spiro atoms. The fraction of sp³-hybridized carbons (Fsp3) is 0.208. The molecule has 32 heavy (non-hydrogen) atoms. The van der Waals surface area contributed by atoms with Crippen LogP contribution in [-0.2, 0) is 21.2 Å². The predicted molar refractivity (Wildman–Crippen MR) is 130 cm³/mol. The molecule has 168 valence electrons. The second-order valence-corrected chi connectivity index (χ2v) is 9.95. The molecule has 0 aromatic heterocycles. The van der Waals surface area contributed by atoms with Gasteiger partial charge in [-0.25, -0.2) is 8.42 Å². The van der Waals surface area contributed by atoms with Crippen LogP contribution in [0.4, 0.5) is 5.69 Å². The lowest BCUT2D eigenvalue weighted by Gasteiger charge is -2.24. The third-order valence-corrected chi connectivity index (χ3v) is 7.29. The Morgan fingerprint density at radius 1 is 1.03 bits per heavy atom. The molecule has 3 rings (SSSR count). The first-order valence-corrected chi connectivity index (χ1v) is 12.3. The quantitative estimate of drug-likeness (QED) is 0.459. The number of aryl methyl sites for hydroxylation is 1. The van der Waals surface area contributed by atoms with E-state index in [1.165, 1.54) is 19.2 Å². The van der Waals surface area contributed by atoms with Crippen molar-refractivity contribution in [2.45, 2.75) is 18.2 Å². The van der Waals surface area contributed by atoms with Crippen molar-refractivity contribution in [1.82, 2.24) is 5.32 Å². The van der Waals surface area contributed by atoms with Gasteiger partial charge in [-0.2, -0.15) is 0 Å². The van der Waals surface area contributed by atoms with E-state index in [0.717, 1.165) is 15.4 Å². The third kappa shape index (κ3) is 5.89. The molecule has 0 heterocycles. The Morgan fingerprint density at radius 2 is 1.72 bits per heavy atom. The van der Waals surface area contributed by atoms with Crippen LogP contribution in [0.25, 0.3) is 0 Å². The van der Waals surface area contributed by atoms with E-state index in [1.807, 2.05) is 49.4 Å². The van der Waals surface area contributed by atoms with Crippen LogP contribution in [0.2, 0.25) is 0 Å². The standard InChI is InChI=1S/C24H25BrN2O4S/c1-18-8-10-20(11-9-18)27(17-24(28)26-15-14-19-6-4-3-5-7-19)32(29,30)21-12-13-23(31-2)22(25)16-21/h3-13,16H,14-15,17H2,1-2H3,(H,26,28). The molecular formula is C24H25BrN2O4S. The number of hydrogen-bond donors (Lipinski definition) is 1. The van der Waals surface area contributed by atoms with Crippen molar-refractivity contribution in [3.05, 3.63) is 88.4 Å². The van der Waals surface area contributed by atoms with Gasteiger partial charge in [0.25, 0.3) is 10.0 Å². The van der Waals surface area contributed by atoms with Crippen molar-refractivity contribution in [2.75, 3.05) is 24.5 Å². The Kier molecular flexibility index (Phi) is 7.93. The molecule has 3 aromatic rings. The van der Waals surface area contributed by atoms with Gasteiger partial charge in [-0.1, -0.05) is 48.0 Å². The van der Waals surface area contributed by atoms with Crippen LogP contribution in [0.3, 0.4) is 0 Å². The zero-order chi connectivity index (χ0) is 23.1. The number of carbonyl (C=O) groups excluding carboxylic acids is 1. The zero-order valence-corrected chi connectivity index (χ0v) is 20.3. The predicted octanol–water partition coefficient (Wildman–Crippen LogP) is 4.32. The fourth-order valence-electron chi connectivity index (χ4n) is 3.14. The van der Waals surface area contributed by atoms with Gasteiger partial charge >= 0.3 is 0 Å². The van der Waals surface area contributed by atoms with Crippen molar-refractivity contribution >= 4 is 37.5 Å². The summed E-state index contributed by atoms with van der Waals surface area (Å²) in [5.74, 6) is 0.141. The van der Waals surface area contributed by atoms with Crippen molar-refractivity contribution in [2.24, 2.45) is 0 Å². The highest BCUT2D eigenvalue weighted by atomic mass is 79.9. The van der Waals surface area contributed by atoms with Crippen molar-refractivity contribution in [3.8, 4) is 5.75 Å². The number of carbonyl (C=O) groups is 1.